The average molecular weight is 186 g/mol. The summed E-state index contributed by atoms with van der Waals surface area (Å²) in [5.74, 6) is 6.38. The SMILES string of the molecule is CCOC(C)C(CC1CCC1)NN. The standard InChI is InChI=1S/C10H22N2O/c1-3-13-8(2)10(12-11)7-9-5-4-6-9/h8-10,12H,3-7,11H2,1-2H3. The number of hydrazine groups is 1. The molecule has 0 saturated heterocycles. The molecule has 1 saturated carbocycles. The van der Waals surface area contributed by atoms with Gasteiger partial charge in [-0.25, -0.2) is 0 Å². The van der Waals surface area contributed by atoms with E-state index in [0.29, 0.717) is 6.04 Å². The summed E-state index contributed by atoms with van der Waals surface area (Å²) in [6, 6.07) is 0.324. The maximum absolute atomic E-state index is 5.52. The minimum Gasteiger partial charge on any atom is -0.377 e. The minimum atomic E-state index is 0.232. The highest BCUT2D eigenvalue weighted by atomic mass is 16.5. The van der Waals surface area contributed by atoms with Crippen LogP contribution in [0.25, 0.3) is 0 Å². The van der Waals surface area contributed by atoms with Crippen molar-refractivity contribution in [1.29, 1.82) is 0 Å². The number of nitrogens with one attached hydrogen (secondary N) is 1. The van der Waals surface area contributed by atoms with E-state index in [1.807, 2.05) is 6.92 Å². The van der Waals surface area contributed by atoms with Gasteiger partial charge in [-0.2, -0.15) is 0 Å². The zero-order chi connectivity index (χ0) is 9.68. The Morgan fingerprint density at radius 1 is 1.54 bits per heavy atom. The number of hydrogen-bond acceptors (Lipinski definition) is 3. The van der Waals surface area contributed by atoms with E-state index in [2.05, 4.69) is 12.3 Å². The Balaban J connectivity index is 2.23. The molecule has 2 atom stereocenters. The highest BCUT2D eigenvalue weighted by Crippen LogP contribution is 2.31. The number of hydrogen-bond donors (Lipinski definition) is 2. The summed E-state index contributed by atoms with van der Waals surface area (Å²) in [6.45, 7) is 4.88. The van der Waals surface area contributed by atoms with Crippen molar-refractivity contribution in [2.24, 2.45) is 11.8 Å². The first-order valence-electron chi connectivity index (χ1n) is 5.35. The van der Waals surface area contributed by atoms with Crippen LogP contribution in [0, 0.1) is 5.92 Å². The molecule has 0 radical (unpaired) electrons. The summed E-state index contributed by atoms with van der Waals surface area (Å²) in [7, 11) is 0. The van der Waals surface area contributed by atoms with E-state index in [4.69, 9.17) is 10.6 Å². The minimum absolute atomic E-state index is 0.232. The Kier molecular flexibility index (Phi) is 4.70. The first-order chi connectivity index (χ1) is 6.27. The van der Waals surface area contributed by atoms with Crippen LogP contribution in [0.2, 0.25) is 0 Å². The molecule has 1 rings (SSSR count). The zero-order valence-corrected chi connectivity index (χ0v) is 8.75. The Labute approximate surface area is 81.0 Å². The smallest absolute Gasteiger partial charge is 0.0713 e. The van der Waals surface area contributed by atoms with Gasteiger partial charge in [0.15, 0.2) is 0 Å². The van der Waals surface area contributed by atoms with Gasteiger partial charge in [0.1, 0.15) is 0 Å². The van der Waals surface area contributed by atoms with Crippen molar-refractivity contribution in [1.82, 2.24) is 5.43 Å². The van der Waals surface area contributed by atoms with Crippen molar-refractivity contribution >= 4 is 0 Å². The molecule has 1 aliphatic carbocycles. The molecular formula is C10H22N2O. The maximum atomic E-state index is 5.52. The van der Waals surface area contributed by atoms with Crippen LogP contribution >= 0.6 is 0 Å². The van der Waals surface area contributed by atoms with Crippen molar-refractivity contribution in [3.8, 4) is 0 Å². The van der Waals surface area contributed by atoms with Crippen LogP contribution in [0.3, 0.4) is 0 Å². The van der Waals surface area contributed by atoms with E-state index in [-0.39, 0.29) is 6.10 Å². The number of rotatable bonds is 6. The Morgan fingerprint density at radius 3 is 2.62 bits per heavy atom. The van der Waals surface area contributed by atoms with Crippen LogP contribution in [-0.2, 0) is 4.74 Å². The Bertz CT molecular complexity index is 137. The molecule has 78 valence electrons. The molecule has 0 aromatic rings. The van der Waals surface area contributed by atoms with Crippen molar-refractivity contribution in [2.75, 3.05) is 6.61 Å². The third-order valence-electron chi connectivity index (χ3n) is 3.02. The predicted octanol–water partition coefficient (Wildman–Crippen LogP) is 1.43. The highest BCUT2D eigenvalue weighted by molar-refractivity contribution is 4.79. The van der Waals surface area contributed by atoms with Gasteiger partial charge in [0.2, 0.25) is 0 Å². The summed E-state index contributed by atoms with van der Waals surface area (Å²) in [4.78, 5) is 0. The van der Waals surface area contributed by atoms with Gasteiger partial charge in [0, 0.05) is 12.6 Å². The molecule has 1 aliphatic rings. The highest BCUT2D eigenvalue weighted by Gasteiger charge is 2.24. The predicted molar refractivity (Wildman–Crippen MR) is 54.2 cm³/mol. The average Bonchev–Trinajstić information content (AvgIpc) is 2.03. The lowest BCUT2D eigenvalue weighted by Gasteiger charge is -2.32. The van der Waals surface area contributed by atoms with Crippen molar-refractivity contribution < 1.29 is 4.74 Å². The van der Waals surface area contributed by atoms with Crippen LogP contribution in [0.4, 0.5) is 0 Å². The summed E-state index contributed by atoms with van der Waals surface area (Å²) in [5.41, 5.74) is 2.86. The zero-order valence-electron chi connectivity index (χ0n) is 8.75. The molecular weight excluding hydrogens is 164 g/mol. The van der Waals surface area contributed by atoms with Gasteiger partial charge < -0.3 is 4.74 Å². The second kappa shape index (κ2) is 5.58. The third kappa shape index (κ3) is 3.25. The molecule has 3 nitrogen and oxygen atoms in total. The Hall–Kier alpha value is -0.120. The van der Waals surface area contributed by atoms with Crippen LogP contribution < -0.4 is 11.3 Å². The van der Waals surface area contributed by atoms with Crippen molar-refractivity contribution in [2.45, 2.75) is 51.7 Å². The van der Waals surface area contributed by atoms with E-state index >= 15 is 0 Å². The van der Waals surface area contributed by atoms with Gasteiger partial charge in [-0.05, 0) is 26.2 Å². The molecule has 3 heteroatoms. The summed E-state index contributed by atoms with van der Waals surface area (Å²) in [6.07, 6.45) is 5.53. The largest absolute Gasteiger partial charge is 0.377 e. The normalized spacial score (nSPS) is 22.4. The van der Waals surface area contributed by atoms with Gasteiger partial charge in [0.25, 0.3) is 0 Å². The van der Waals surface area contributed by atoms with Gasteiger partial charge in [-0.15, -0.1) is 0 Å². The first kappa shape index (κ1) is 11.0. The van der Waals surface area contributed by atoms with Crippen molar-refractivity contribution in [3.63, 3.8) is 0 Å². The molecule has 0 bridgehead atoms. The topological polar surface area (TPSA) is 47.3 Å². The summed E-state index contributed by atoms with van der Waals surface area (Å²) < 4.78 is 5.52. The lowest BCUT2D eigenvalue weighted by Crippen LogP contribution is -2.45. The van der Waals surface area contributed by atoms with Gasteiger partial charge in [-0.3, -0.25) is 11.3 Å². The number of ether oxygens (including phenoxy) is 1. The van der Waals surface area contributed by atoms with Crippen LogP contribution in [-0.4, -0.2) is 18.8 Å². The molecule has 3 N–H and O–H groups in total. The fourth-order valence-corrected chi connectivity index (χ4v) is 1.86. The molecule has 0 aromatic heterocycles. The van der Waals surface area contributed by atoms with E-state index in [9.17, 15) is 0 Å². The van der Waals surface area contributed by atoms with Crippen LogP contribution in [0.5, 0.6) is 0 Å². The molecule has 13 heavy (non-hydrogen) atoms. The monoisotopic (exact) mass is 186 g/mol. The van der Waals surface area contributed by atoms with Gasteiger partial charge in [-0.1, -0.05) is 19.3 Å². The van der Waals surface area contributed by atoms with E-state index in [1.165, 1.54) is 19.3 Å². The van der Waals surface area contributed by atoms with Gasteiger partial charge in [0.05, 0.1) is 6.10 Å². The van der Waals surface area contributed by atoms with E-state index in [1.54, 1.807) is 0 Å². The molecule has 0 amide bonds. The second-order valence-electron chi connectivity index (χ2n) is 3.97. The molecule has 0 heterocycles. The van der Waals surface area contributed by atoms with Gasteiger partial charge >= 0.3 is 0 Å². The first-order valence-corrected chi connectivity index (χ1v) is 5.35. The fourth-order valence-electron chi connectivity index (χ4n) is 1.86. The third-order valence-corrected chi connectivity index (χ3v) is 3.02. The Morgan fingerprint density at radius 2 is 2.23 bits per heavy atom. The van der Waals surface area contributed by atoms with E-state index < -0.39 is 0 Å². The fraction of sp³-hybridized carbons (Fsp3) is 1.00. The number of nitrogens with two attached hydrogens (primary N) is 1. The van der Waals surface area contributed by atoms with E-state index in [0.717, 1.165) is 18.9 Å². The molecule has 0 aliphatic heterocycles. The molecule has 0 spiro atoms. The quantitative estimate of drug-likeness (QED) is 0.487. The van der Waals surface area contributed by atoms with Crippen LogP contribution in [0.1, 0.15) is 39.5 Å². The lowest BCUT2D eigenvalue weighted by atomic mass is 9.80. The van der Waals surface area contributed by atoms with Crippen LogP contribution in [0.15, 0.2) is 0 Å². The maximum Gasteiger partial charge on any atom is 0.0713 e. The molecule has 0 aromatic carbocycles. The molecule has 2 unspecified atom stereocenters. The summed E-state index contributed by atoms with van der Waals surface area (Å²) >= 11 is 0. The summed E-state index contributed by atoms with van der Waals surface area (Å²) in [5, 5.41) is 0. The second-order valence-corrected chi connectivity index (χ2v) is 3.97. The molecule has 1 fully saturated rings. The lowest BCUT2D eigenvalue weighted by molar-refractivity contribution is 0.0361. The van der Waals surface area contributed by atoms with Crippen molar-refractivity contribution in [3.05, 3.63) is 0 Å².